The molecule has 7 heteroatoms. The summed E-state index contributed by atoms with van der Waals surface area (Å²) in [5, 5.41) is 8.70. The lowest BCUT2D eigenvalue weighted by Crippen LogP contribution is -2.38. The topological polar surface area (TPSA) is 118 Å². The summed E-state index contributed by atoms with van der Waals surface area (Å²) in [6.45, 7) is -0.0324. The van der Waals surface area contributed by atoms with E-state index in [0.29, 0.717) is 12.8 Å². The Labute approximate surface area is 91.2 Å². The van der Waals surface area contributed by atoms with Crippen LogP contribution in [-0.4, -0.2) is 28.3 Å². The Bertz CT molecular complexity index is 318. The van der Waals surface area contributed by atoms with Crippen LogP contribution in [0.1, 0.15) is 12.8 Å². The largest absolute Gasteiger partial charge is 0.396 e. The molecular formula is C8H13N3O3S. The molecule has 6 N–H and O–H groups in total. The Morgan fingerprint density at radius 3 is 2.60 bits per heavy atom. The first-order valence-corrected chi connectivity index (χ1v) is 5.21. The van der Waals surface area contributed by atoms with Crippen molar-refractivity contribution in [3.63, 3.8) is 0 Å². The van der Waals surface area contributed by atoms with E-state index in [1.807, 2.05) is 0 Å². The maximum Gasteiger partial charge on any atom is 0.265 e. The fraction of sp³-hybridized carbons (Fsp3) is 0.500. The summed E-state index contributed by atoms with van der Waals surface area (Å²) in [7, 11) is 0. The van der Waals surface area contributed by atoms with Gasteiger partial charge in [0, 0.05) is 6.61 Å². The lowest BCUT2D eigenvalue weighted by Gasteiger charge is -2.20. The maximum absolute atomic E-state index is 11.3. The molecule has 0 saturated carbocycles. The Morgan fingerprint density at radius 2 is 2.20 bits per heavy atom. The average Bonchev–Trinajstić information content (AvgIpc) is 2.60. The van der Waals surface area contributed by atoms with Gasteiger partial charge in [-0.25, -0.2) is 0 Å². The average molecular weight is 231 g/mol. The van der Waals surface area contributed by atoms with Gasteiger partial charge in [-0.3, -0.25) is 9.59 Å². The van der Waals surface area contributed by atoms with E-state index in [-0.39, 0.29) is 12.3 Å². The third-order valence-electron chi connectivity index (χ3n) is 2.11. The zero-order valence-corrected chi connectivity index (χ0v) is 8.84. The molecule has 2 amide bonds. The van der Waals surface area contributed by atoms with Gasteiger partial charge in [0.25, 0.3) is 5.91 Å². The Kier molecular flexibility index (Phi) is 3.59. The molecule has 0 radical (unpaired) electrons. The van der Waals surface area contributed by atoms with E-state index < -0.39 is 16.6 Å². The standard InChI is InChI=1S/C8H13N3O3S/c9-6(13)5-4-8(7(10)14,15-11-5)2-1-3-12/h4,11-12H,1-3H2,(H2,9,13)(H2,10,14). The third-order valence-corrected chi connectivity index (χ3v) is 3.32. The van der Waals surface area contributed by atoms with Gasteiger partial charge in [-0.1, -0.05) is 0 Å². The number of rotatable bonds is 5. The molecular weight excluding hydrogens is 218 g/mol. The van der Waals surface area contributed by atoms with E-state index in [2.05, 4.69) is 4.72 Å². The molecule has 1 aliphatic heterocycles. The van der Waals surface area contributed by atoms with E-state index in [4.69, 9.17) is 16.6 Å². The lowest BCUT2D eigenvalue weighted by atomic mass is 10.00. The highest BCUT2D eigenvalue weighted by Crippen LogP contribution is 2.36. The molecule has 0 fully saturated rings. The van der Waals surface area contributed by atoms with E-state index in [9.17, 15) is 9.59 Å². The number of amides is 2. The van der Waals surface area contributed by atoms with Crippen LogP contribution in [0.15, 0.2) is 11.8 Å². The zero-order valence-electron chi connectivity index (χ0n) is 8.03. The Morgan fingerprint density at radius 1 is 1.53 bits per heavy atom. The van der Waals surface area contributed by atoms with Gasteiger partial charge in [0.05, 0.1) is 0 Å². The van der Waals surface area contributed by atoms with Crippen molar-refractivity contribution in [3.8, 4) is 0 Å². The number of hydrogen-bond donors (Lipinski definition) is 4. The summed E-state index contributed by atoms with van der Waals surface area (Å²) >= 11 is 1.05. The van der Waals surface area contributed by atoms with Crippen molar-refractivity contribution in [1.82, 2.24) is 4.72 Å². The van der Waals surface area contributed by atoms with E-state index in [0.717, 1.165) is 11.9 Å². The summed E-state index contributed by atoms with van der Waals surface area (Å²) in [5.41, 5.74) is 10.5. The van der Waals surface area contributed by atoms with Crippen LogP contribution in [0.25, 0.3) is 0 Å². The van der Waals surface area contributed by atoms with Crippen LogP contribution in [0.4, 0.5) is 0 Å². The minimum absolute atomic E-state index is 0.0324. The van der Waals surface area contributed by atoms with Crippen molar-refractivity contribution in [1.29, 1.82) is 0 Å². The summed E-state index contributed by atoms with van der Waals surface area (Å²) in [6.07, 6.45) is 2.23. The molecule has 0 aliphatic carbocycles. The fourth-order valence-corrected chi connectivity index (χ4v) is 2.24. The normalized spacial score (nSPS) is 24.5. The van der Waals surface area contributed by atoms with Crippen molar-refractivity contribution in [3.05, 3.63) is 11.8 Å². The van der Waals surface area contributed by atoms with Gasteiger partial charge >= 0.3 is 0 Å². The second kappa shape index (κ2) is 4.54. The van der Waals surface area contributed by atoms with Crippen molar-refractivity contribution in [2.45, 2.75) is 17.6 Å². The SMILES string of the molecule is NC(=O)C1=CC(CCCO)(C(N)=O)SN1. The molecule has 1 heterocycles. The molecule has 1 unspecified atom stereocenters. The molecule has 84 valence electrons. The van der Waals surface area contributed by atoms with Crippen LogP contribution < -0.4 is 16.2 Å². The lowest BCUT2D eigenvalue weighted by molar-refractivity contribution is -0.119. The molecule has 1 aliphatic rings. The number of aliphatic hydroxyl groups is 1. The third kappa shape index (κ3) is 2.42. The quantitative estimate of drug-likeness (QED) is 0.434. The number of nitrogens with two attached hydrogens (primary N) is 2. The van der Waals surface area contributed by atoms with Gasteiger partial charge in [-0.05, 0) is 30.9 Å². The molecule has 6 nitrogen and oxygen atoms in total. The highest BCUT2D eigenvalue weighted by Gasteiger charge is 2.40. The smallest absolute Gasteiger partial charge is 0.265 e. The Hall–Kier alpha value is -1.21. The maximum atomic E-state index is 11.3. The molecule has 0 saturated heterocycles. The second-order valence-corrected chi connectivity index (χ2v) is 4.34. The van der Waals surface area contributed by atoms with Crippen molar-refractivity contribution < 1.29 is 14.7 Å². The number of carbonyl (C=O) groups is 2. The van der Waals surface area contributed by atoms with Gasteiger partial charge in [0.2, 0.25) is 5.91 Å². The first kappa shape index (κ1) is 11.9. The summed E-state index contributed by atoms with van der Waals surface area (Å²) < 4.78 is 1.68. The molecule has 0 aromatic heterocycles. The summed E-state index contributed by atoms with van der Waals surface area (Å²) in [5.74, 6) is -1.18. The summed E-state index contributed by atoms with van der Waals surface area (Å²) in [4.78, 5) is 22.1. The van der Waals surface area contributed by atoms with Crippen LogP contribution in [0.5, 0.6) is 0 Å². The molecule has 0 bridgehead atoms. The minimum atomic E-state index is -0.979. The highest BCUT2D eigenvalue weighted by atomic mass is 32.2. The number of nitrogens with one attached hydrogen (secondary N) is 1. The zero-order chi connectivity index (χ0) is 11.5. The molecule has 15 heavy (non-hydrogen) atoms. The van der Waals surface area contributed by atoms with Crippen LogP contribution >= 0.6 is 11.9 Å². The van der Waals surface area contributed by atoms with E-state index in [1.54, 1.807) is 0 Å². The summed E-state index contributed by atoms with van der Waals surface area (Å²) in [6, 6.07) is 0. The molecule has 1 rings (SSSR count). The number of carbonyl (C=O) groups excluding carboxylic acids is 2. The Balaban J connectivity index is 2.85. The first-order valence-electron chi connectivity index (χ1n) is 4.39. The van der Waals surface area contributed by atoms with Crippen LogP contribution in [-0.2, 0) is 9.59 Å². The van der Waals surface area contributed by atoms with Crippen LogP contribution in [0.2, 0.25) is 0 Å². The van der Waals surface area contributed by atoms with Gasteiger partial charge in [0.15, 0.2) is 0 Å². The predicted molar refractivity (Wildman–Crippen MR) is 56.2 cm³/mol. The number of primary amides is 2. The van der Waals surface area contributed by atoms with Crippen molar-refractivity contribution in [2.24, 2.45) is 11.5 Å². The van der Waals surface area contributed by atoms with E-state index in [1.165, 1.54) is 6.08 Å². The van der Waals surface area contributed by atoms with Crippen LogP contribution in [0, 0.1) is 0 Å². The van der Waals surface area contributed by atoms with Crippen molar-refractivity contribution in [2.75, 3.05) is 6.61 Å². The fourth-order valence-electron chi connectivity index (χ4n) is 1.27. The van der Waals surface area contributed by atoms with Gasteiger partial charge in [0.1, 0.15) is 10.4 Å². The molecule has 0 aromatic rings. The van der Waals surface area contributed by atoms with Crippen molar-refractivity contribution >= 4 is 23.8 Å². The monoisotopic (exact) mass is 231 g/mol. The molecule has 1 atom stereocenters. The highest BCUT2D eigenvalue weighted by molar-refractivity contribution is 8.00. The number of aliphatic hydroxyl groups excluding tert-OH is 1. The second-order valence-electron chi connectivity index (χ2n) is 3.21. The first-order chi connectivity index (χ1) is 7.02. The minimum Gasteiger partial charge on any atom is -0.396 e. The molecule has 0 spiro atoms. The molecule has 0 aromatic carbocycles. The van der Waals surface area contributed by atoms with Gasteiger partial charge in [-0.15, -0.1) is 0 Å². The van der Waals surface area contributed by atoms with E-state index >= 15 is 0 Å². The van der Waals surface area contributed by atoms with Crippen LogP contribution in [0.3, 0.4) is 0 Å². The number of hydrogen-bond acceptors (Lipinski definition) is 5. The van der Waals surface area contributed by atoms with Gasteiger partial charge < -0.3 is 21.3 Å². The van der Waals surface area contributed by atoms with Gasteiger partial charge in [-0.2, -0.15) is 0 Å². The predicted octanol–water partition coefficient (Wildman–Crippen LogP) is -1.40.